The van der Waals surface area contributed by atoms with E-state index in [0.29, 0.717) is 0 Å². The summed E-state index contributed by atoms with van der Waals surface area (Å²) in [4.78, 5) is 3.24. The van der Waals surface area contributed by atoms with Crippen LogP contribution in [0.1, 0.15) is 0 Å². The van der Waals surface area contributed by atoms with Crippen molar-refractivity contribution in [3.05, 3.63) is 24.0 Å². The molecule has 0 aliphatic rings. The zero-order valence-electron chi connectivity index (χ0n) is 5.89. The molecule has 0 saturated carbocycles. The molecule has 0 N–H and O–H groups in total. The monoisotopic (exact) mass is 178 g/mol. The average Bonchev–Trinajstić information content (AvgIpc) is 2.09. The summed E-state index contributed by atoms with van der Waals surface area (Å²) in [5.74, 6) is -1.44. The van der Waals surface area contributed by atoms with Crippen LogP contribution in [-0.2, 0) is 0 Å². The van der Waals surface area contributed by atoms with E-state index >= 15 is 0 Å². The lowest BCUT2D eigenvalue weighted by molar-refractivity contribution is -0.00668. The van der Waals surface area contributed by atoms with Crippen molar-refractivity contribution in [2.45, 2.75) is 0 Å². The van der Waals surface area contributed by atoms with Gasteiger partial charge in [-0.2, -0.15) is 0 Å². The van der Waals surface area contributed by atoms with Crippen LogP contribution in [0.4, 0.5) is 13.3 Å². The van der Waals surface area contributed by atoms with E-state index in [1.165, 1.54) is 0 Å². The van der Waals surface area contributed by atoms with Gasteiger partial charge in [0, 0.05) is 10.6 Å². The maximum atomic E-state index is 12.7. The van der Waals surface area contributed by atoms with Gasteiger partial charge in [-0.3, -0.25) is 4.94 Å². The molecule has 2 nitrogen and oxygen atoms in total. The number of halogens is 3. The first kappa shape index (κ1) is 8.70. The van der Waals surface area contributed by atoms with Crippen molar-refractivity contribution >= 4 is 0 Å². The van der Waals surface area contributed by atoms with E-state index in [-0.39, 0.29) is 11.5 Å². The molecule has 0 aliphatic carbocycles. The molecule has 0 aromatic heterocycles. The van der Waals surface area contributed by atoms with Gasteiger partial charge < -0.3 is 4.74 Å². The molecule has 0 unspecified atom stereocenters. The Morgan fingerprint density at radius 3 is 2.58 bits per heavy atom. The minimum Gasteiger partial charge on any atom is -0.460 e. The first-order chi connectivity index (χ1) is 5.77. The molecule has 0 spiro atoms. The van der Waals surface area contributed by atoms with Gasteiger partial charge in [0.2, 0.25) is 6.86 Å². The van der Waals surface area contributed by atoms with Crippen molar-refractivity contribution in [3.8, 4) is 11.5 Å². The van der Waals surface area contributed by atoms with Crippen LogP contribution in [0.2, 0.25) is 0 Å². The van der Waals surface area contributed by atoms with Gasteiger partial charge in [-0.15, -0.1) is 0 Å². The molecule has 0 fully saturated rings. The van der Waals surface area contributed by atoms with Crippen molar-refractivity contribution in [2.75, 3.05) is 6.86 Å². The third-order valence-electron chi connectivity index (χ3n) is 1.20. The lowest BCUT2D eigenvalue weighted by atomic mass is 10.3. The summed E-state index contributed by atoms with van der Waals surface area (Å²) >= 11 is 0. The highest BCUT2D eigenvalue weighted by atomic mass is 19.3. The Morgan fingerprint density at radius 1 is 1.33 bits per heavy atom. The molecule has 0 radical (unpaired) electrons. The standard InChI is InChI=1S/C7H5F3O2/c8-4-11-7-2-1-5(12-10)3-6(7)9/h1-3H,4H2. The Morgan fingerprint density at radius 2 is 2.08 bits per heavy atom. The van der Waals surface area contributed by atoms with Crippen LogP contribution in [0, 0.1) is 5.82 Å². The number of rotatable bonds is 3. The van der Waals surface area contributed by atoms with Gasteiger partial charge in [-0.05, 0) is 12.1 Å². The van der Waals surface area contributed by atoms with E-state index in [1.807, 2.05) is 0 Å². The molecule has 1 aromatic carbocycles. The fourth-order valence-electron chi connectivity index (χ4n) is 0.705. The minimum absolute atomic E-state index is 0.279. The molecule has 0 atom stereocenters. The normalized spacial score (nSPS) is 9.58. The number of hydrogen-bond donors (Lipinski definition) is 0. The highest BCUT2D eigenvalue weighted by Crippen LogP contribution is 2.22. The molecule has 0 aliphatic heterocycles. The summed E-state index contributed by atoms with van der Waals surface area (Å²) < 4.78 is 39.9. The minimum atomic E-state index is -1.13. The summed E-state index contributed by atoms with van der Waals surface area (Å²) in [7, 11) is 0. The van der Waals surface area contributed by atoms with Gasteiger partial charge in [-0.25, -0.2) is 8.78 Å². The van der Waals surface area contributed by atoms with Crippen LogP contribution in [0.15, 0.2) is 18.2 Å². The first-order valence-electron chi connectivity index (χ1n) is 3.05. The largest absolute Gasteiger partial charge is 0.460 e. The molecular weight excluding hydrogens is 173 g/mol. The summed E-state index contributed by atoms with van der Waals surface area (Å²) in [6.45, 7) is -1.13. The third-order valence-corrected chi connectivity index (χ3v) is 1.20. The summed E-state index contributed by atoms with van der Waals surface area (Å²) in [6, 6.07) is 2.95. The predicted octanol–water partition coefficient (Wildman–Crippen LogP) is 2.39. The van der Waals surface area contributed by atoms with Gasteiger partial charge in [0.15, 0.2) is 17.3 Å². The Labute approximate surface area is 66.4 Å². The Hall–Kier alpha value is -1.39. The van der Waals surface area contributed by atoms with Gasteiger partial charge in [-0.1, -0.05) is 0 Å². The smallest absolute Gasteiger partial charge is 0.228 e. The highest BCUT2D eigenvalue weighted by Gasteiger charge is 2.05. The highest BCUT2D eigenvalue weighted by molar-refractivity contribution is 5.32. The molecule has 1 aromatic rings. The van der Waals surface area contributed by atoms with E-state index < -0.39 is 12.7 Å². The lowest BCUT2D eigenvalue weighted by Crippen LogP contribution is -1.93. The Balaban J connectivity index is 2.87. The van der Waals surface area contributed by atoms with Crippen molar-refractivity contribution in [3.63, 3.8) is 0 Å². The first-order valence-corrected chi connectivity index (χ1v) is 3.05. The van der Waals surface area contributed by atoms with Crippen LogP contribution >= 0.6 is 0 Å². The van der Waals surface area contributed by atoms with Crippen LogP contribution in [0.3, 0.4) is 0 Å². The van der Waals surface area contributed by atoms with Crippen LogP contribution in [-0.4, -0.2) is 6.86 Å². The number of benzene rings is 1. The lowest BCUT2D eigenvalue weighted by Gasteiger charge is -2.02. The second kappa shape index (κ2) is 3.85. The Kier molecular flexibility index (Phi) is 2.79. The molecule has 0 heterocycles. The molecule has 0 bridgehead atoms. The Bertz CT molecular complexity index is 265. The molecule has 1 rings (SSSR count). The third kappa shape index (κ3) is 1.81. The van der Waals surface area contributed by atoms with E-state index in [2.05, 4.69) is 9.68 Å². The molecule has 12 heavy (non-hydrogen) atoms. The topological polar surface area (TPSA) is 18.5 Å². The second-order valence-electron chi connectivity index (χ2n) is 1.92. The SMILES string of the molecule is FCOc1ccc(OF)cc1F. The molecule has 66 valence electrons. The maximum absolute atomic E-state index is 12.7. The van der Waals surface area contributed by atoms with Gasteiger partial charge in [0.1, 0.15) is 0 Å². The van der Waals surface area contributed by atoms with Crippen LogP contribution in [0.25, 0.3) is 0 Å². The van der Waals surface area contributed by atoms with Crippen LogP contribution < -0.4 is 9.68 Å². The number of alkyl halides is 1. The molecule has 0 amide bonds. The predicted molar refractivity (Wildman–Crippen MR) is 34.7 cm³/mol. The van der Waals surface area contributed by atoms with Crippen molar-refractivity contribution in [2.24, 2.45) is 0 Å². The maximum Gasteiger partial charge on any atom is 0.228 e. The van der Waals surface area contributed by atoms with E-state index in [9.17, 15) is 13.3 Å². The number of ether oxygens (including phenoxy) is 1. The fraction of sp³-hybridized carbons (Fsp3) is 0.143. The van der Waals surface area contributed by atoms with Gasteiger partial charge in [0.05, 0.1) is 0 Å². The van der Waals surface area contributed by atoms with Crippen molar-refractivity contribution in [1.29, 1.82) is 0 Å². The zero-order chi connectivity index (χ0) is 8.97. The van der Waals surface area contributed by atoms with Gasteiger partial charge in [0.25, 0.3) is 0 Å². The van der Waals surface area contributed by atoms with Crippen molar-refractivity contribution < 1.29 is 23.0 Å². The number of hydrogen-bond acceptors (Lipinski definition) is 2. The van der Waals surface area contributed by atoms with Crippen LogP contribution in [0.5, 0.6) is 11.5 Å². The molecule has 5 heteroatoms. The fourth-order valence-corrected chi connectivity index (χ4v) is 0.705. The van der Waals surface area contributed by atoms with E-state index in [1.54, 1.807) is 0 Å². The molecular formula is C7H5F3O2. The average molecular weight is 178 g/mol. The summed E-state index contributed by atoms with van der Waals surface area (Å²) in [5, 5.41) is 0. The zero-order valence-corrected chi connectivity index (χ0v) is 5.89. The second-order valence-corrected chi connectivity index (χ2v) is 1.92. The quantitative estimate of drug-likeness (QED) is 0.707. The van der Waals surface area contributed by atoms with Crippen molar-refractivity contribution in [1.82, 2.24) is 0 Å². The summed E-state index contributed by atoms with van der Waals surface area (Å²) in [5.41, 5.74) is 0. The summed E-state index contributed by atoms with van der Waals surface area (Å²) in [6.07, 6.45) is 0. The van der Waals surface area contributed by atoms with Gasteiger partial charge >= 0.3 is 0 Å². The van der Waals surface area contributed by atoms with E-state index in [4.69, 9.17) is 0 Å². The molecule has 0 saturated heterocycles. The van der Waals surface area contributed by atoms with E-state index in [0.717, 1.165) is 18.2 Å².